The summed E-state index contributed by atoms with van der Waals surface area (Å²) in [7, 11) is 0. The summed E-state index contributed by atoms with van der Waals surface area (Å²) >= 11 is 0. The lowest BCUT2D eigenvalue weighted by Gasteiger charge is -2.18. The zero-order valence-corrected chi connectivity index (χ0v) is 12.6. The molecule has 3 rings (SSSR count). The van der Waals surface area contributed by atoms with Gasteiger partial charge in [-0.25, -0.2) is 5.43 Å². The van der Waals surface area contributed by atoms with Gasteiger partial charge >= 0.3 is 0 Å². The Morgan fingerprint density at radius 2 is 1.67 bits per heavy atom. The molecule has 2 aromatic carbocycles. The SMILES string of the molecule is Cc1ccc(C(NN)c2ccc(OC3CC3)cc2)cc1C. The van der Waals surface area contributed by atoms with Gasteiger partial charge in [0.1, 0.15) is 5.75 Å². The molecule has 110 valence electrons. The lowest BCUT2D eigenvalue weighted by atomic mass is 9.96. The predicted octanol–water partition coefficient (Wildman–Crippen LogP) is 3.40. The van der Waals surface area contributed by atoms with Crippen LogP contribution in [0.5, 0.6) is 5.75 Å². The number of aryl methyl sites for hydroxylation is 2. The van der Waals surface area contributed by atoms with Gasteiger partial charge in [0.15, 0.2) is 0 Å². The zero-order chi connectivity index (χ0) is 14.8. The van der Waals surface area contributed by atoms with Gasteiger partial charge in [-0.1, -0.05) is 30.3 Å². The Bertz CT molecular complexity index is 618. The minimum atomic E-state index is -0.000671. The lowest BCUT2D eigenvalue weighted by molar-refractivity contribution is 0.303. The van der Waals surface area contributed by atoms with E-state index in [1.807, 2.05) is 12.1 Å². The second-order valence-corrected chi connectivity index (χ2v) is 5.83. The molecule has 3 heteroatoms. The van der Waals surface area contributed by atoms with E-state index >= 15 is 0 Å². The van der Waals surface area contributed by atoms with E-state index in [4.69, 9.17) is 10.6 Å². The van der Waals surface area contributed by atoms with Crippen molar-refractivity contribution in [2.24, 2.45) is 5.84 Å². The highest BCUT2D eigenvalue weighted by Gasteiger charge is 2.23. The molecule has 2 aromatic rings. The lowest BCUT2D eigenvalue weighted by Crippen LogP contribution is -2.28. The highest BCUT2D eigenvalue weighted by Crippen LogP contribution is 2.29. The molecule has 0 bridgehead atoms. The fourth-order valence-electron chi connectivity index (χ4n) is 2.45. The van der Waals surface area contributed by atoms with Crippen molar-refractivity contribution in [1.82, 2.24) is 5.43 Å². The number of rotatable bonds is 5. The molecule has 0 aromatic heterocycles. The second-order valence-electron chi connectivity index (χ2n) is 5.83. The van der Waals surface area contributed by atoms with Gasteiger partial charge in [0.2, 0.25) is 0 Å². The van der Waals surface area contributed by atoms with Crippen LogP contribution in [-0.4, -0.2) is 6.10 Å². The summed E-state index contributed by atoms with van der Waals surface area (Å²) in [6.45, 7) is 4.24. The molecular formula is C18H22N2O. The van der Waals surface area contributed by atoms with Crippen LogP contribution in [0.1, 0.15) is 41.1 Å². The summed E-state index contributed by atoms with van der Waals surface area (Å²) in [6, 6.07) is 14.7. The molecule has 0 spiro atoms. The van der Waals surface area contributed by atoms with E-state index in [0.717, 1.165) is 11.3 Å². The van der Waals surface area contributed by atoms with Gasteiger partial charge in [0.25, 0.3) is 0 Å². The normalized spacial score (nSPS) is 15.8. The zero-order valence-electron chi connectivity index (χ0n) is 12.6. The van der Waals surface area contributed by atoms with E-state index in [-0.39, 0.29) is 6.04 Å². The van der Waals surface area contributed by atoms with Gasteiger partial charge in [0.05, 0.1) is 12.1 Å². The Kier molecular flexibility index (Phi) is 3.95. The maximum atomic E-state index is 5.78. The minimum absolute atomic E-state index is 0.000671. The van der Waals surface area contributed by atoms with E-state index in [1.165, 1.54) is 29.5 Å². The third-order valence-corrected chi connectivity index (χ3v) is 4.07. The summed E-state index contributed by atoms with van der Waals surface area (Å²) < 4.78 is 5.78. The summed E-state index contributed by atoms with van der Waals surface area (Å²) in [6.07, 6.45) is 2.79. The van der Waals surface area contributed by atoms with E-state index in [1.54, 1.807) is 0 Å². The van der Waals surface area contributed by atoms with Crippen molar-refractivity contribution in [2.45, 2.75) is 38.8 Å². The first-order chi connectivity index (χ1) is 10.2. The van der Waals surface area contributed by atoms with Crippen LogP contribution in [-0.2, 0) is 0 Å². The second kappa shape index (κ2) is 5.88. The monoisotopic (exact) mass is 282 g/mol. The molecule has 1 aliphatic carbocycles. The number of nitrogens with one attached hydrogen (secondary N) is 1. The average Bonchev–Trinajstić information content (AvgIpc) is 3.29. The van der Waals surface area contributed by atoms with Gasteiger partial charge in [-0.3, -0.25) is 5.84 Å². The molecule has 0 amide bonds. The van der Waals surface area contributed by atoms with Crippen LogP contribution in [0.15, 0.2) is 42.5 Å². The van der Waals surface area contributed by atoms with E-state index in [9.17, 15) is 0 Å². The topological polar surface area (TPSA) is 47.3 Å². The number of hydrazine groups is 1. The van der Waals surface area contributed by atoms with Gasteiger partial charge in [0, 0.05) is 0 Å². The van der Waals surface area contributed by atoms with Crippen molar-refractivity contribution < 1.29 is 4.74 Å². The Morgan fingerprint density at radius 1 is 1.00 bits per heavy atom. The molecule has 1 saturated carbocycles. The average molecular weight is 282 g/mol. The Hall–Kier alpha value is -1.84. The number of ether oxygens (including phenoxy) is 1. The molecule has 1 atom stereocenters. The Morgan fingerprint density at radius 3 is 2.24 bits per heavy atom. The van der Waals surface area contributed by atoms with Crippen molar-refractivity contribution in [3.63, 3.8) is 0 Å². The molecule has 0 heterocycles. The molecule has 0 aliphatic heterocycles. The summed E-state index contributed by atoms with van der Waals surface area (Å²) in [5, 5.41) is 0. The van der Waals surface area contributed by atoms with Gasteiger partial charge in [-0.05, 0) is 61.1 Å². The molecule has 1 fully saturated rings. The van der Waals surface area contributed by atoms with Crippen LogP contribution in [0.4, 0.5) is 0 Å². The van der Waals surface area contributed by atoms with E-state index in [2.05, 4.69) is 49.6 Å². The van der Waals surface area contributed by atoms with Crippen LogP contribution in [0.3, 0.4) is 0 Å². The summed E-state index contributed by atoms with van der Waals surface area (Å²) in [5.41, 5.74) is 7.81. The third-order valence-electron chi connectivity index (χ3n) is 4.07. The van der Waals surface area contributed by atoms with Crippen molar-refractivity contribution >= 4 is 0 Å². The fourth-order valence-corrected chi connectivity index (χ4v) is 2.45. The van der Waals surface area contributed by atoms with Crippen LogP contribution in [0.25, 0.3) is 0 Å². The first kappa shape index (κ1) is 14.1. The first-order valence-electron chi connectivity index (χ1n) is 7.47. The first-order valence-corrected chi connectivity index (χ1v) is 7.47. The molecule has 0 saturated heterocycles. The van der Waals surface area contributed by atoms with Gasteiger partial charge < -0.3 is 4.74 Å². The van der Waals surface area contributed by atoms with Crippen molar-refractivity contribution in [3.8, 4) is 5.75 Å². The maximum absolute atomic E-state index is 5.78. The molecule has 3 nitrogen and oxygen atoms in total. The number of hydrogen-bond donors (Lipinski definition) is 2. The third kappa shape index (κ3) is 3.26. The van der Waals surface area contributed by atoms with Crippen LogP contribution in [0.2, 0.25) is 0 Å². The fraction of sp³-hybridized carbons (Fsp3) is 0.333. The number of benzene rings is 2. The number of hydrogen-bond acceptors (Lipinski definition) is 3. The van der Waals surface area contributed by atoms with Gasteiger partial charge in [-0.15, -0.1) is 0 Å². The molecule has 0 radical (unpaired) electrons. The highest BCUT2D eigenvalue weighted by molar-refractivity contribution is 5.39. The summed E-state index contributed by atoms with van der Waals surface area (Å²) in [5.74, 6) is 6.71. The van der Waals surface area contributed by atoms with Crippen LogP contribution >= 0.6 is 0 Å². The Labute approximate surface area is 126 Å². The maximum Gasteiger partial charge on any atom is 0.119 e. The van der Waals surface area contributed by atoms with Crippen molar-refractivity contribution in [2.75, 3.05) is 0 Å². The quantitative estimate of drug-likeness (QED) is 0.652. The highest BCUT2D eigenvalue weighted by atomic mass is 16.5. The van der Waals surface area contributed by atoms with E-state index < -0.39 is 0 Å². The van der Waals surface area contributed by atoms with Gasteiger partial charge in [-0.2, -0.15) is 0 Å². The van der Waals surface area contributed by atoms with Crippen molar-refractivity contribution in [1.29, 1.82) is 0 Å². The smallest absolute Gasteiger partial charge is 0.119 e. The largest absolute Gasteiger partial charge is 0.490 e. The predicted molar refractivity (Wildman–Crippen MR) is 85.2 cm³/mol. The molecule has 1 unspecified atom stereocenters. The molecular weight excluding hydrogens is 260 g/mol. The van der Waals surface area contributed by atoms with E-state index in [0.29, 0.717) is 6.10 Å². The summed E-state index contributed by atoms with van der Waals surface area (Å²) in [4.78, 5) is 0. The molecule has 1 aliphatic rings. The number of nitrogens with two attached hydrogens (primary N) is 1. The molecule has 21 heavy (non-hydrogen) atoms. The molecule has 3 N–H and O–H groups in total. The van der Waals surface area contributed by atoms with Crippen LogP contribution < -0.4 is 16.0 Å². The minimum Gasteiger partial charge on any atom is -0.490 e. The van der Waals surface area contributed by atoms with Crippen LogP contribution in [0, 0.1) is 13.8 Å². The van der Waals surface area contributed by atoms with Crippen molar-refractivity contribution in [3.05, 3.63) is 64.7 Å². The standard InChI is InChI=1S/C18H22N2O/c1-12-3-4-15(11-13(12)2)18(20-19)14-5-7-16(8-6-14)21-17-9-10-17/h3-8,11,17-18,20H,9-10,19H2,1-2H3. The Balaban J connectivity index is 1.82.